The van der Waals surface area contributed by atoms with Gasteiger partial charge in [0, 0.05) is 6.04 Å². The fourth-order valence-electron chi connectivity index (χ4n) is 2.52. The largest absolute Gasteiger partial charge is 0.480 e. The van der Waals surface area contributed by atoms with Crippen molar-refractivity contribution in [1.29, 1.82) is 0 Å². The fourth-order valence-corrected chi connectivity index (χ4v) is 2.52. The molecule has 2 unspecified atom stereocenters. The van der Waals surface area contributed by atoms with Gasteiger partial charge < -0.3 is 20.5 Å². The fraction of sp³-hybridized carbons (Fsp3) is 0.467. The maximum absolute atomic E-state index is 12.0. The molecule has 0 aromatic heterocycles. The van der Waals surface area contributed by atoms with Crippen LogP contribution in [0.25, 0.3) is 0 Å². The van der Waals surface area contributed by atoms with Crippen molar-refractivity contribution < 1.29 is 19.4 Å². The highest BCUT2D eigenvalue weighted by Gasteiger charge is 2.24. The van der Waals surface area contributed by atoms with Gasteiger partial charge in [-0.2, -0.15) is 0 Å². The zero-order valence-corrected chi connectivity index (χ0v) is 12.0. The molecule has 2 rings (SSSR count). The Labute approximate surface area is 123 Å². The summed E-state index contributed by atoms with van der Waals surface area (Å²) >= 11 is 0. The molecule has 3 N–H and O–H groups in total. The van der Waals surface area contributed by atoms with E-state index in [1.807, 2.05) is 0 Å². The standard InChI is InChI=1S/C15H20N2O4/c1-10-5-4-7-11(10)16-15(20)17-12-6-2-3-8-13(12)21-9-14(18)19/h2-3,6,8,10-11H,4-5,7,9H2,1H3,(H,18,19)(H2,16,17,20). The lowest BCUT2D eigenvalue weighted by Crippen LogP contribution is -2.39. The third kappa shape index (κ3) is 4.37. The quantitative estimate of drug-likeness (QED) is 0.778. The van der Waals surface area contributed by atoms with Crippen LogP contribution in [0.1, 0.15) is 26.2 Å². The molecule has 1 fully saturated rings. The summed E-state index contributed by atoms with van der Waals surface area (Å²) in [6.45, 7) is 1.68. The van der Waals surface area contributed by atoms with Crippen LogP contribution < -0.4 is 15.4 Å². The maximum Gasteiger partial charge on any atom is 0.341 e. The molecule has 0 heterocycles. The molecule has 114 valence electrons. The van der Waals surface area contributed by atoms with E-state index in [-0.39, 0.29) is 12.1 Å². The molecule has 2 amide bonds. The molecule has 2 atom stereocenters. The number of urea groups is 1. The summed E-state index contributed by atoms with van der Waals surface area (Å²) in [5, 5.41) is 14.3. The molecule has 0 bridgehead atoms. The molecule has 1 aliphatic carbocycles. The first-order valence-electron chi connectivity index (χ1n) is 7.07. The Morgan fingerprint density at radius 1 is 1.33 bits per heavy atom. The Morgan fingerprint density at radius 3 is 2.76 bits per heavy atom. The summed E-state index contributed by atoms with van der Waals surface area (Å²) in [5.41, 5.74) is 0.460. The number of anilines is 1. The zero-order valence-electron chi connectivity index (χ0n) is 12.0. The zero-order chi connectivity index (χ0) is 15.2. The van der Waals surface area contributed by atoms with Crippen LogP contribution >= 0.6 is 0 Å². The van der Waals surface area contributed by atoms with Gasteiger partial charge in [0.25, 0.3) is 0 Å². The van der Waals surface area contributed by atoms with Gasteiger partial charge in [0.05, 0.1) is 5.69 Å². The van der Waals surface area contributed by atoms with Crippen molar-refractivity contribution in [2.75, 3.05) is 11.9 Å². The summed E-state index contributed by atoms with van der Waals surface area (Å²) in [5.74, 6) is -0.238. The molecule has 1 saturated carbocycles. The lowest BCUT2D eigenvalue weighted by molar-refractivity contribution is -0.139. The number of carbonyl (C=O) groups excluding carboxylic acids is 1. The molecule has 21 heavy (non-hydrogen) atoms. The molecule has 1 aliphatic rings. The first-order valence-corrected chi connectivity index (χ1v) is 7.07. The van der Waals surface area contributed by atoms with Crippen LogP contribution in [-0.4, -0.2) is 29.8 Å². The average Bonchev–Trinajstić information content (AvgIpc) is 2.83. The molecular formula is C15H20N2O4. The molecule has 0 spiro atoms. The van der Waals surface area contributed by atoms with Crippen LogP contribution in [0.15, 0.2) is 24.3 Å². The summed E-state index contributed by atoms with van der Waals surface area (Å²) in [6.07, 6.45) is 3.25. The van der Waals surface area contributed by atoms with Gasteiger partial charge in [-0.3, -0.25) is 0 Å². The van der Waals surface area contributed by atoms with Gasteiger partial charge in [0.15, 0.2) is 6.61 Å². The van der Waals surface area contributed by atoms with E-state index in [4.69, 9.17) is 9.84 Å². The predicted molar refractivity (Wildman–Crippen MR) is 78.5 cm³/mol. The number of carboxylic acids is 1. The second kappa shape index (κ2) is 6.97. The van der Waals surface area contributed by atoms with Gasteiger partial charge >= 0.3 is 12.0 Å². The van der Waals surface area contributed by atoms with E-state index in [0.717, 1.165) is 19.3 Å². The van der Waals surface area contributed by atoms with E-state index < -0.39 is 12.6 Å². The van der Waals surface area contributed by atoms with Crippen LogP contribution in [0.4, 0.5) is 10.5 Å². The lowest BCUT2D eigenvalue weighted by atomic mass is 10.1. The molecule has 0 saturated heterocycles. The number of para-hydroxylation sites is 2. The predicted octanol–water partition coefficient (Wildman–Crippen LogP) is 2.46. The number of nitrogens with one attached hydrogen (secondary N) is 2. The van der Waals surface area contributed by atoms with E-state index in [0.29, 0.717) is 17.4 Å². The maximum atomic E-state index is 12.0. The van der Waals surface area contributed by atoms with Crippen LogP contribution in [0.5, 0.6) is 5.75 Å². The third-order valence-electron chi connectivity index (χ3n) is 3.66. The normalized spacial score (nSPS) is 20.8. The van der Waals surface area contributed by atoms with Gasteiger partial charge in [0.1, 0.15) is 5.75 Å². The van der Waals surface area contributed by atoms with Crippen molar-refractivity contribution in [2.24, 2.45) is 5.92 Å². The van der Waals surface area contributed by atoms with Crippen molar-refractivity contribution in [3.8, 4) is 5.75 Å². The summed E-state index contributed by atoms with van der Waals surface area (Å²) in [7, 11) is 0. The van der Waals surface area contributed by atoms with Crippen molar-refractivity contribution in [2.45, 2.75) is 32.2 Å². The van der Waals surface area contributed by atoms with Crippen LogP contribution in [0.3, 0.4) is 0 Å². The Kier molecular flexibility index (Phi) is 5.03. The number of carboxylic acid groups (broad SMARTS) is 1. The molecule has 6 nitrogen and oxygen atoms in total. The molecule has 0 radical (unpaired) electrons. The van der Waals surface area contributed by atoms with Gasteiger partial charge in [-0.15, -0.1) is 0 Å². The number of rotatable bonds is 5. The second-order valence-electron chi connectivity index (χ2n) is 5.29. The second-order valence-corrected chi connectivity index (χ2v) is 5.29. The number of carbonyl (C=O) groups is 2. The van der Waals surface area contributed by atoms with Gasteiger partial charge in [-0.1, -0.05) is 25.5 Å². The minimum atomic E-state index is -1.06. The molecular weight excluding hydrogens is 272 g/mol. The van der Waals surface area contributed by atoms with E-state index >= 15 is 0 Å². The van der Waals surface area contributed by atoms with E-state index in [1.54, 1.807) is 24.3 Å². The summed E-state index contributed by atoms with van der Waals surface area (Å²) in [4.78, 5) is 22.6. The molecule has 1 aromatic carbocycles. The summed E-state index contributed by atoms with van der Waals surface area (Å²) < 4.78 is 5.15. The number of hydrogen-bond acceptors (Lipinski definition) is 3. The third-order valence-corrected chi connectivity index (χ3v) is 3.66. The molecule has 0 aliphatic heterocycles. The van der Waals surface area contributed by atoms with E-state index in [2.05, 4.69) is 17.6 Å². The SMILES string of the molecule is CC1CCCC1NC(=O)Nc1ccccc1OCC(=O)O. The van der Waals surface area contributed by atoms with Crippen LogP contribution in [-0.2, 0) is 4.79 Å². The highest BCUT2D eigenvalue weighted by atomic mass is 16.5. The minimum Gasteiger partial charge on any atom is -0.480 e. The van der Waals surface area contributed by atoms with Gasteiger partial charge in [-0.25, -0.2) is 9.59 Å². The number of hydrogen-bond donors (Lipinski definition) is 3. The highest BCUT2D eigenvalue weighted by Crippen LogP contribution is 2.26. The number of amides is 2. The summed E-state index contributed by atoms with van der Waals surface area (Å²) in [6, 6.07) is 6.67. The number of aliphatic carboxylic acids is 1. The monoisotopic (exact) mass is 292 g/mol. The minimum absolute atomic E-state index is 0.192. The Hall–Kier alpha value is -2.24. The van der Waals surface area contributed by atoms with Crippen molar-refractivity contribution >= 4 is 17.7 Å². The van der Waals surface area contributed by atoms with E-state index in [1.165, 1.54) is 0 Å². The Balaban J connectivity index is 1.95. The van der Waals surface area contributed by atoms with Crippen LogP contribution in [0, 0.1) is 5.92 Å². The van der Waals surface area contributed by atoms with Gasteiger partial charge in [-0.05, 0) is 30.9 Å². The van der Waals surface area contributed by atoms with E-state index in [9.17, 15) is 9.59 Å². The number of benzene rings is 1. The Bertz CT molecular complexity index is 518. The van der Waals surface area contributed by atoms with Crippen LogP contribution in [0.2, 0.25) is 0 Å². The lowest BCUT2D eigenvalue weighted by Gasteiger charge is -2.18. The van der Waals surface area contributed by atoms with Gasteiger partial charge in [0.2, 0.25) is 0 Å². The first-order chi connectivity index (χ1) is 10.1. The first kappa shape index (κ1) is 15.2. The Morgan fingerprint density at radius 2 is 2.10 bits per heavy atom. The van der Waals surface area contributed by atoms with Crippen molar-refractivity contribution in [3.63, 3.8) is 0 Å². The van der Waals surface area contributed by atoms with Crippen molar-refractivity contribution in [3.05, 3.63) is 24.3 Å². The highest BCUT2D eigenvalue weighted by molar-refractivity contribution is 5.91. The molecule has 1 aromatic rings. The number of ether oxygens (including phenoxy) is 1. The van der Waals surface area contributed by atoms with Crippen molar-refractivity contribution in [1.82, 2.24) is 5.32 Å². The smallest absolute Gasteiger partial charge is 0.341 e. The topological polar surface area (TPSA) is 87.7 Å². The average molecular weight is 292 g/mol. The molecule has 6 heteroatoms.